The minimum absolute atomic E-state index is 0.00705. The second kappa shape index (κ2) is 44.9. The Morgan fingerprint density at radius 1 is 0.619 bits per heavy atom. The molecule has 0 aromatic carbocycles. The SMILES string of the molecule is CC(=O)P(=N)(I)P[O][GaH2].CC1[C@H](OCCCNC(=O)CCOCC(COCCC(=O)NCCCO[C@@H]2OC(CO)[C@H](O)[C@H](O)C2C)(COCCC(=O)NCCCO[C@@H]2OC(CO)[C@H](O)[C@H](O)C2C)NC(=O)CC(=O)N2C[C@H](O)C[C@H]2COP(=O)(O)C(C)(C)C)OC(CO)[C@H](O)[C@@H]1O. The Balaban J connectivity index is 0.00000252. The molecule has 0 radical (unpaired) electrons. The number of hydrogen-bond acceptors (Lipinski definition) is 29. The van der Waals surface area contributed by atoms with Gasteiger partial charge in [0.2, 0.25) is 29.5 Å². The van der Waals surface area contributed by atoms with E-state index >= 15 is 0 Å². The van der Waals surface area contributed by atoms with E-state index in [1.54, 1.807) is 20.8 Å². The summed E-state index contributed by atoms with van der Waals surface area (Å²) in [7, 11) is -4.07. The fraction of sp³-hybridized carbons (Fsp3) is 0.895. The first-order valence-electron chi connectivity index (χ1n) is 32.3. The van der Waals surface area contributed by atoms with Crippen LogP contribution < -0.4 is 21.3 Å². The number of carbonyl (C=O) groups excluding carboxylic acids is 6. The molecule has 0 aromatic rings. The molecule has 0 aromatic heterocycles. The van der Waals surface area contributed by atoms with E-state index in [9.17, 15) is 89.3 Å². The van der Waals surface area contributed by atoms with Crippen molar-refractivity contribution in [2.75, 3.05) is 112 Å². The molecule has 40 heteroatoms. The van der Waals surface area contributed by atoms with Crippen LogP contribution in [0.3, 0.4) is 0 Å². The number of hydrogen-bond donors (Lipinski definition) is 16. The van der Waals surface area contributed by atoms with Crippen LogP contribution in [0.25, 0.3) is 0 Å². The minimum atomic E-state index is -4.19. The fourth-order valence-corrected chi connectivity index (χ4v) is 26.3. The van der Waals surface area contributed by atoms with Crippen molar-refractivity contribution in [2.24, 2.45) is 17.8 Å². The zero-order valence-corrected chi connectivity index (χ0v) is 65.6. The average molecular weight is 1630 g/mol. The maximum Gasteiger partial charge on any atom is 0.333 e. The molecule has 4 saturated heterocycles. The molecule has 5 amide bonds. The van der Waals surface area contributed by atoms with E-state index < -0.39 is 209 Å². The molecule has 4 fully saturated rings. The summed E-state index contributed by atoms with van der Waals surface area (Å²) in [5, 5.41) is 118. The van der Waals surface area contributed by atoms with Gasteiger partial charge >= 0.3 is 87.2 Å². The summed E-state index contributed by atoms with van der Waals surface area (Å²) in [6.07, 6.45) is -14.9. The zero-order chi connectivity index (χ0) is 72.8. The molecule has 20 atom stereocenters. The summed E-state index contributed by atoms with van der Waals surface area (Å²) in [6, 6.07) is -0.872. The monoisotopic (exact) mass is 1630 g/mol. The van der Waals surface area contributed by atoms with Gasteiger partial charge in [0.1, 0.15) is 48.6 Å². The second-order valence-corrected chi connectivity index (χ2v) is 42.6. The van der Waals surface area contributed by atoms with Crippen molar-refractivity contribution in [3.63, 3.8) is 0 Å². The Bertz CT molecular complexity index is 2330. The largest absolute Gasteiger partial charge is 0.394 e. The van der Waals surface area contributed by atoms with Crippen LogP contribution in [0.4, 0.5) is 0 Å². The molecular weight excluding hydrogens is 1520 g/mol. The maximum atomic E-state index is 14.1. The van der Waals surface area contributed by atoms with Gasteiger partial charge in [-0.2, -0.15) is 0 Å². The number of nitrogens with one attached hydrogen (secondary N) is 5. The van der Waals surface area contributed by atoms with Gasteiger partial charge < -0.3 is 129 Å². The molecule has 16 N–H and O–H groups in total. The Kier molecular flexibility index (Phi) is 41.5. The van der Waals surface area contributed by atoms with Crippen molar-refractivity contribution in [2.45, 2.75) is 196 Å². The second-order valence-electron chi connectivity index (χ2n) is 25.3. The van der Waals surface area contributed by atoms with Crippen LogP contribution in [0, 0.1) is 22.9 Å². The summed E-state index contributed by atoms with van der Waals surface area (Å²) in [6.45, 7) is 7.40. The number of rotatable bonds is 42. The number of nitrogens with zero attached hydrogens (tertiary/aromatic N) is 1. The van der Waals surface area contributed by atoms with Crippen LogP contribution in [-0.4, -0.2) is 324 Å². The normalized spacial score (nSPS) is 30.3. The first-order chi connectivity index (χ1) is 45.6. The summed E-state index contributed by atoms with van der Waals surface area (Å²) in [5.41, 5.74) is -1.70. The van der Waals surface area contributed by atoms with Crippen LogP contribution >= 0.6 is 42.5 Å². The molecular formula is C57H107GaIN6O29P3. The predicted octanol–water partition coefficient (Wildman–Crippen LogP) is -3.06. The van der Waals surface area contributed by atoms with E-state index in [0.29, 0.717) is 38.2 Å². The molecule has 35 nitrogen and oxygen atoms in total. The van der Waals surface area contributed by atoms with Crippen LogP contribution in [0.2, 0.25) is 0 Å². The van der Waals surface area contributed by atoms with Gasteiger partial charge in [-0.25, -0.2) is 0 Å². The van der Waals surface area contributed by atoms with Gasteiger partial charge in [0, 0.05) is 63.2 Å². The molecule has 0 aliphatic carbocycles. The fourth-order valence-electron chi connectivity index (χ4n) is 10.0. The molecule has 0 spiro atoms. The Labute approximate surface area is 590 Å². The topological polar surface area (TPSA) is 519 Å². The van der Waals surface area contributed by atoms with Gasteiger partial charge in [-0.1, -0.05) is 20.8 Å². The smallest absolute Gasteiger partial charge is 0.333 e. The first kappa shape index (κ1) is 89.6. The van der Waals surface area contributed by atoms with E-state index in [1.165, 1.54) is 32.6 Å². The van der Waals surface area contributed by atoms with E-state index in [1.807, 2.05) is 22.0 Å². The van der Waals surface area contributed by atoms with Gasteiger partial charge in [-0.15, -0.1) is 0 Å². The van der Waals surface area contributed by atoms with Crippen molar-refractivity contribution in [3.05, 3.63) is 0 Å². The van der Waals surface area contributed by atoms with Crippen LogP contribution in [0.15, 0.2) is 0 Å². The van der Waals surface area contributed by atoms with Crippen molar-refractivity contribution in [1.29, 1.82) is 5.16 Å². The molecule has 4 heterocycles. The maximum absolute atomic E-state index is 14.1. The summed E-state index contributed by atoms with van der Waals surface area (Å²) in [5.74, 6) is -4.80. The molecule has 9 unspecified atom stereocenters. The van der Waals surface area contributed by atoms with E-state index in [2.05, 4.69) is 21.3 Å². The molecule has 4 aliphatic heterocycles. The summed E-state index contributed by atoms with van der Waals surface area (Å²) < 4.78 is 73.0. The van der Waals surface area contributed by atoms with Crippen LogP contribution in [-0.2, 0) is 83.8 Å². The number of aliphatic hydroxyl groups is 10. The predicted molar refractivity (Wildman–Crippen MR) is 357 cm³/mol. The molecule has 0 saturated carbocycles. The number of amides is 5. The van der Waals surface area contributed by atoms with Crippen molar-refractivity contribution < 1.29 is 140 Å². The number of carbonyl (C=O) groups is 6. The number of likely N-dealkylation sites (tertiary alicyclic amines) is 1. The quantitative estimate of drug-likeness (QED) is 0.00949. The van der Waals surface area contributed by atoms with Crippen LogP contribution in [0.5, 0.6) is 0 Å². The average Bonchev–Trinajstić information content (AvgIpc) is 1.74. The van der Waals surface area contributed by atoms with Gasteiger partial charge in [0.15, 0.2) is 18.9 Å². The Morgan fingerprint density at radius 2 is 0.979 bits per heavy atom. The van der Waals surface area contributed by atoms with E-state index in [0.717, 1.165) is 0 Å². The van der Waals surface area contributed by atoms with Gasteiger partial charge in [0.25, 0.3) is 0 Å². The van der Waals surface area contributed by atoms with Crippen molar-refractivity contribution >= 4 is 96.5 Å². The zero-order valence-electron chi connectivity index (χ0n) is 56.5. The third-order valence-corrected chi connectivity index (χ3v) is 29.3. The molecule has 4 aliphatic rings. The summed E-state index contributed by atoms with van der Waals surface area (Å²) in [4.78, 5) is 89.3. The third kappa shape index (κ3) is 30.6. The number of aliphatic hydroxyl groups excluding tert-OH is 10. The van der Waals surface area contributed by atoms with Gasteiger partial charge in [-0.3, -0.25) is 28.5 Å². The molecule has 97 heavy (non-hydrogen) atoms. The molecule has 564 valence electrons. The molecule has 4 rings (SSSR count). The van der Waals surface area contributed by atoms with Crippen LogP contribution in [0.1, 0.15) is 99.8 Å². The Hall–Kier alpha value is -1.60. The number of halogens is 1. The van der Waals surface area contributed by atoms with Crippen molar-refractivity contribution in [3.8, 4) is 0 Å². The third-order valence-electron chi connectivity index (χ3n) is 16.3. The van der Waals surface area contributed by atoms with Gasteiger partial charge in [0.05, 0.1) is 122 Å². The number of β-amino-alcohol motifs (C(OH)–C–C–N with tert-alkyl or cyclic N) is 1. The summed E-state index contributed by atoms with van der Waals surface area (Å²) >= 11 is 2.23. The van der Waals surface area contributed by atoms with E-state index in [-0.39, 0.29) is 106 Å². The Morgan fingerprint density at radius 3 is 1.29 bits per heavy atom. The minimum Gasteiger partial charge on any atom is -0.394 e. The standard InChI is InChI=1S/C55H100N5O27P.C2H5INO2P2.Ga.2H/c1-32-45(70)48(73)37(25-61)85-51(32)81-16-7-13-56-40(65)10-19-78-29-55(59-43(68)23-44(69)60-24-36(64)22-35(60)28-84-88(76,77)54(4,5)6,30-79-20-11-41(66)57-14-8-17-82-52-33(2)46(71)49(74)38(26-62)86-52)31-80-21-12-42(67)58-15-9-18-83-53-34(3)47(72)50(75)39(27-63)87-53;1-2(5)8(3,4)7-6;;;/h32-39,45-53,61-64,70-75H,7-31H2,1-6H3,(H,56,65)(H,57,66)(H,58,67)(H,59,68)(H,76,77);4,7H,1H3;;;/q;-1;+1;;/t32?,33?,34?,35-,36+,37?,38?,39?,45+,46+,47+,48-,49-,50-,51+,52+,53+,55?;;;;/m0..../s1. The molecule has 0 bridgehead atoms. The van der Waals surface area contributed by atoms with E-state index in [4.69, 9.17) is 55.6 Å². The van der Waals surface area contributed by atoms with Crippen molar-refractivity contribution in [1.82, 2.24) is 26.2 Å². The first-order valence-corrected chi connectivity index (χ1v) is 41.9. The number of ether oxygens (including phenoxy) is 9. The van der Waals surface area contributed by atoms with Gasteiger partial charge in [-0.05, 0) is 46.5 Å².